The Morgan fingerprint density at radius 2 is 1.95 bits per heavy atom. The standard InChI is InChI=1S/C16H30N2S/c1-13(2)7-6-8-14(3)18-15-17-11-16(12-19-15)9-4-5-10-16/h13-14H,4-12H2,1-3H3,(H,17,18). The molecule has 1 aliphatic carbocycles. The van der Waals surface area contributed by atoms with Crippen molar-refractivity contribution in [3.63, 3.8) is 0 Å². The van der Waals surface area contributed by atoms with Crippen molar-refractivity contribution in [1.82, 2.24) is 5.32 Å². The molecule has 1 fully saturated rings. The van der Waals surface area contributed by atoms with E-state index in [9.17, 15) is 0 Å². The molecule has 3 heteroatoms. The minimum Gasteiger partial charge on any atom is -0.362 e. The van der Waals surface area contributed by atoms with Gasteiger partial charge in [-0.15, -0.1) is 0 Å². The summed E-state index contributed by atoms with van der Waals surface area (Å²) < 4.78 is 0. The van der Waals surface area contributed by atoms with E-state index in [0.717, 1.165) is 12.5 Å². The summed E-state index contributed by atoms with van der Waals surface area (Å²) in [6, 6.07) is 0.572. The monoisotopic (exact) mass is 282 g/mol. The average molecular weight is 282 g/mol. The number of hydrogen-bond acceptors (Lipinski definition) is 3. The number of hydrogen-bond donors (Lipinski definition) is 1. The van der Waals surface area contributed by atoms with Crippen molar-refractivity contribution < 1.29 is 0 Å². The molecule has 1 heterocycles. The molecule has 1 aliphatic heterocycles. The highest BCUT2D eigenvalue weighted by Crippen LogP contribution is 2.43. The maximum absolute atomic E-state index is 4.82. The van der Waals surface area contributed by atoms with Crippen molar-refractivity contribution in [2.45, 2.75) is 71.8 Å². The van der Waals surface area contributed by atoms with Gasteiger partial charge in [0, 0.05) is 18.3 Å². The Labute approximate surface area is 123 Å². The van der Waals surface area contributed by atoms with Gasteiger partial charge in [-0.25, -0.2) is 0 Å². The zero-order valence-corrected chi connectivity index (χ0v) is 13.7. The number of thioether (sulfide) groups is 1. The molecule has 0 aromatic heterocycles. The summed E-state index contributed by atoms with van der Waals surface area (Å²) in [7, 11) is 0. The predicted molar refractivity (Wildman–Crippen MR) is 86.9 cm³/mol. The summed E-state index contributed by atoms with van der Waals surface area (Å²) in [5.41, 5.74) is 0.566. The minimum atomic E-state index is 0.566. The van der Waals surface area contributed by atoms with E-state index in [1.807, 2.05) is 11.8 Å². The van der Waals surface area contributed by atoms with Gasteiger partial charge in [0.25, 0.3) is 0 Å². The van der Waals surface area contributed by atoms with Crippen LogP contribution in [-0.4, -0.2) is 23.5 Å². The lowest BCUT2D eigenvalue weighted by atomic mass is 9.89. The SMILES string of the molecule is CC(C)CCCC(C)NC1=NCC2(CCCC2)CS1. The Morgan fingerprint density at radius 1 is 1.21 bits per heavy atom. The van der Waals surface area contributed by atoms with Gasteiger partial charge in [-0.2, -0.15) is 0 Å². The van der Waals surface area contributed by atoms with E-state index < -0.39 is 0 Å². The van der Waals surface area contributed by atoms with Crippen LogP contribution in [0.2, 0.25) is 0 Å². The van der Waals surface area contributed by atoms with Crippen molar-refractivity contribution in [2.75, 3.05) is 12.3 Å². The highest BCUT2D eigenvalue weighted by Gasteiger charge is 2.36. The minimum absolute atomic E-state index is 0.566. The van der Waals surface area contributed by atoms with E-state index in [0.29, 0.717) is 11.5 Å². The van der Waals surface area contributed by atoms with Crippen LogP contribution in [0.5, 0.6) is 0 Å². The van der Waals surface area contributed by atoms with Crippen molar-refractivity contribution in [3.05, 3.63) is 0 Å². The van der Waals surface area contributed by atoms with Crippen LogP contribution in [0.1, 0.15) is 65.7 Å². The van der Waals surface area contributed by atoms with Gasteiger partial charge >= 0.3 is 0 Å². The molecule has 1 unspecified atom stereocenters. The molecule has 1 spiro atoms. The number of aliphatic imine (C=N–C) groups is 1. The first-order valence-corrected chi connectivity index (χ1v) is 9.02. The van der Waals surface area contributed by atoms with Crippen LogP contribution < -0.4 is 5.32 Å². The van der Waals surface area contributed by atoms with Gasteiger partial charge in [-0.05, 0) is 37.5 Å². The molecule has 1 atom stereocenters. The summed E-state index contributed by atoms with van der Waals surface area (Å²) in [5.74, 6) is 2.12. The number of nitrogens with zero attached hydrogens (tertiary/aromatic N) is 1. The van der Waals surface area contributed by atoms with Gasteiger partial charge in [-0.1, -0.05) is 51.3 Å². The number of nitrogens with one attached hydrogen (secondary N) is 1. The van der Waals surface area contributed by atoms with E-state index in [1.54, 1.807) is 0 Å². The highest BCUT2D eigenvalue weighted by molar-refractivity contribution is 8.13. The second-order valence-electron chi connectivity index (χ2n) is 6.99. The first-order valence-electron chi connectivity index (χ1n) is 8.03. The van der Waals surface area contributed by atoms with Gasteiger partial charge in [0.05, 0.1) is 0 Å². The second kappa shape index (κ2) is 7.01. The molecule has 0 bridgehead atoms. The highest BCUT2D eigenvalue weighted by atomic mass is 32.2. The Balaban J connectivity index is 1.70. The van der Waals surface area contributed by atoms with E-state index in [2.05, 4.69) is 26.1 Å². The maximum Gasteiger partial charge on any atom is 0.156 e. The smallest absolute Gasteiger partial charge is 0.156 e. The van der Waals surface area contributed by atoms with Crippen molar-refractivity contribution in [3.8, 4) is 0 Å². The molecule has 0 amide bonds. The van der Waals surface area contributed by atoms with Crippen molar-refractivity contribution in [2.24, 2.45) is 16.3 Å². The van der Waals surface area contributed by atoms with Crippen LogP contribution in [0.3, 0.4) is 0 Å². The molecule has 1 N–H and O–H groups in total. The first kappa shape index (κ1) is 15.2. The third kappa shape index (κ3) is 4.70. The molecule has 2 nitrogen and oxygen atoms in total. The molecule has 0 radical (unpaired) electrons. The summed E-state index contributed by atoms with van der Waals surface area (Å²) in [4.78, 5) is 4.82. The molecule has 2 aliphatic rings. The normalized spacial score (nSPS) is 23.7. The van der Waals surface area contributed by atoms with Crippen molar-refractivity contribution in [1.29, 1.82) is 0 Å². The first-order chi connectivity index (χ1) is 9.10. The second-order valence-corrected chi connectivity index (χ2v) is 7.95. The quantitative estimate of drug-likeness (QED) is 0.805. The largest absolute Gasteiger partial charge is 0.362 e. The topological polar surface area (TPSA) is 24.4 Å². The lowest BCUT2D eigenvalue weighted by Gasteiger charge is -2.32. The lowest BCUT2D eigenvalue weighted by Crippen LogP contribution is -2.37. The molecule has 2 rings (SSSR count). The number of amidine groups is 1. The van der Waals surface area contributed by atoms with Crippen molar-refractivity contribution >= 4 is 16.9 Å². The molecule has 0 aromatic carbocycles. The van der Waals surface area contributed by atoms with Gasteiger partial charge in [-0.3, -0.25) is 4.99 Å². The van der Waals surface area contributed by atoms with E-state index in [4.69, 9.17) is 4.99 Å². The summed E-state index contributed by atoms with van der Waals surface area (Å²) in [6.07, 6.45) is 9.59. The zero-order chi connectivity index (χ0) is 13.7. The summed E-state index contributed by atoms with van der Waals surface area (Å²) >= 11 is 1.97. The fourth-order valence-electron chi connectivity index (χ4n) is 3.18. The van der Waals surface area contributed by atoms with Crippen LogP contribution in [0.4, 0.5) is 0 Å². The average Bonchev–Trinajstić information content (AvgIpc) is 2.81. The fraction of sp³-hybridized carbons (Fsp3) is 0.938. The molecule has 0 aromatic rings. The summed E-state index contributed by atoms with van der Waals surface area (Å²) in [5, 5.41) is 4.82. The van der Waals surface area contributed by atoms with Gasteiger partial charge in [0.2, 0.25) is 0 Å². The Kier molecular flexibility index (Phi) is 5.61. The lowest BCUT2D eigenvalue weighted by molar-refractivity contribution is 0.358. The fourth-order valence-corrected chi connectivity index (χ4v) is 4.45. The van der Waals surface area contributed by atoms with Gasteiger partial charge < -0.3 is 5.32 Å². The molecular weight excluding hydrogens is 252 g/mol. The van der Waals surface area contributed by atoms with Crippen LogP contribution >= 0.6 is 11.8 Å². The summed E-state index contributed by atoms with van der Waals surface area (Å²) in [6.45, 7) is 7.98. The third-order valence-corrected chi connectivity index (χ3v) is 5.80. The van der Waals surface area contributed by atoms with Crippen LogP contribution in [0.25, 0.3) is 0 Å². The number of rotatable bonds is 5. The zero-order valence-electron chi connectivity index (χ0n) is 12.9. The molecular formula is C16H30N2S. The molecule has 1 saturated carbocycles. The Bertz CT molecular complexity index is 306. The van der Waals surface area contributed by atoms with E-state index in [1.165, 1.54) is 55.9 Å². The van der Waals surface area contributed by atoms with Crippen LogP contribution in [-0.2, 0) is 0 Å². The maximum atomic E-state index is 4.82. The Hall–Kier alpha value is -0.180. The predicted octanol–water partition coefficient (Wildman–Crippen LogP) is 4.45. The van der Waals surface area contributed by atoms with Gasteiger partial charge in [0.1, 0.15) is 0 Å². The van der Waals surface area contributed by atoms with Crippen LogP contribution in [0, 0.1) is 11.3 Å². The molecule has 110 valence electrons. The van der Waals surface area contributed by atoms with Crippen LogP contribution in [0.15, 0.2) is 4.99 Å². The molecule has 0 saturated heterocycles. The Morgan fingerprint density at radius 3 is 2.53 bits per heavy atom. The van der Waals surface area contributed by atoms with Gasteiger partial charge in [0.15, 0.2) is 5.17 Å². The van der Waals surface area contributed by atoms with E-state index >= 15 is 0 Å². The molecule has 19 heavy (non-hydrogen) atoms. The third-order valence-electron chi connectivity index (χ3n) is 4.53. The van der Waals surface area contributed by atoms with E-state index in [-0.39, 0.29) is 0 Å².